The Hall–Kier alpha value is -0.940. The Balaban J connectivity index is 3.09. The van der Waals surface area contributed by atoms with Gasteiger partial charge in [-0.25, -0.2) is 0 Å². The van der Waals surface area contributed by atoms with Gasteiger partial charge in [0.25, 0.3) is 0 Å². The fraction of sp³-hybridized carbons (Fsp3) is 0.500. The summed E-state index contributed by atoms with van der Waals surface area (Å²) in [6.45, 7) is 0.464. The number of halogens is 4. The number of methoxy groups -OCH3 is 1. The van der Waals surface area contributed by atoms with Gasteiger partial charge >= 0.3 is 6.18 Å². The van der Waals surface area contributed by atoms with Crippen LogP contribution in [0.25, 0.3) is 0 Å². The molecule has 0 unspecified atom stereocenters. The van der Waals surface area contributed by atoms with Crippen LogP contribution in [0.1, 0.15) is 24.0 Å². The Morgan fingerprint density at radius 1 is 1.28 bits per heavy atom. The molecule has 18 heavy (non-hydrogen) atoms. The van der Waals surface area contributed by atoms with Crippen LogP contribution in [-0.4, -0.2) is 13.7 Å². The van der Waals surface area contributed by atoms with Crippen LogP contribution < -0.4 is 10.5 Å². The SMILES string of the molecule is COc1cc(C(F)(F)F)c(CCCCN)cc1Cl. The summed E-state index contributed by atoms with van der Waals surface area (Å²) in [4.78, 5) is 0. The van der Waals surface area contributed by atoms with Crippen molar-refractivity contribution in [1.29, 1.82) is 0 Å². The zero-order valence-electron chi connectivity index (χ0n) is 9.98. The van der Waals surface area contributed by atoms with Gasteiger partial charge in [0.2, 0.25) is 0 Å². The summed E-state index contributed by atoms with van der Waals surface area (Å²) < 4.78 is 43.5. The van der Waals surface area contributed by atoms with Crippen molar-refractivity contribution in [2.24, 2.45) is 5.73 Å². The topological polar surface area (TPSA) is 35.2 Å². The second-order valence-corrected chi connectivity index (χ2v) is 4.29. The van der Waals surface area contributed by atoms with E-state index in [9.17, 15) is 13.2 Å². The summed E-state index contributed by atoms with van der Waals surface area (Å²) in [7, 11) is 1.29. The van der Waals surface area contributed by atoms with E-state index in [2.05, 4.69) is 0 Å². The first-order valence-corrected chi connectivity index (χ1v) is 5.91. The van der Waals surface area contributed by atoms with Gasteiger partial charge in [-0.3, -0.25) is 0 Å². The maximum atomic E-state index is 12.9. The van der Waals surface area contributed by atoms with E-state index < -0.39 is 11.7 Å². The molecule has 0 spiro atoms. The summed E-state index contributed by atoms with van der Waals surface area (Å²) in [6.07, 6.45) is -2.82. The van der Waals surface area contributed by atoms with E-state index in [1.165, 1.54) is 13.2 Å². The van der Waals surface area contributed by atoms with Crippen LogP contribution >= 0.6 is 11.6 Å². The number of hydrogen-bond donors (Lipinski definition) is 1. The number of ether oxygens (including phenoxy) is 1. The molecule has 0 saturated heterocycles. The highest BCUT2D eigenvalue weighted by Crippen LogP contribution is 2.38. The van der Waals surface area contributed by atoms with Crippen molar-refractivity contribution in [2.45, 2.75) is 25.4 Å². The van der Waals surface area contributed by atoms with Crippen molar-refractivity contribution in [3.8, 4) is 5.75 Å². The van der Waals surface area contributed by atoms with Gasteiger partial charge in [-0.1, -0.05) is 11.6 Å². The molecule has 0 atom stereocenters. The zero-order valence-corrected chi connectivity index (χ0v) is 10.7. The number of benzene rings is 1. The van der Waals surface area contributed by atoms with Gasteiger partial charge < -0.3 is 10.5 Å². The summed E-state index contributed by atoms with van der Waals surface area (Å²) in [6, 6.07) is 2.26. The molecule has 1 aromatic carbocycles. The van der Waals surface area contributed by atoms with E-state index in [1.54, 1.807) is 0 Å². The Labute approximate surface area is 109 Å². The minimum absolute atomic E-state index is 0.0339. The summed E-state index contributed by atoms with van der Waals surface area (Å²) in [5, 5.41) is 0.188. The highest BCUT2D eigenvalue weighted by molar-refractivity contribution is 6.32. The third-order valence-electron chi connectivity index (χ3n) is 2.58. The molecule has 0 heterocycles. The average Bonchev–Trinajstić information content (AvgIpc) is 2.28. The fourth-order valence-electron chi connectivity index (χ4n) is 1.68. The van der Waals surface area contributed by atoms with Crippen LogP contribution in [-0.2, 0) is 12.6 Å². The largest absolute Gasteiger partial charge is 0.495 e. The zero-order chi connectivity index (χ0) is 13.8. The molecular formula is C12H15ClF3NO. The average molecular weight is 282 g/mol. The molecule has 0 radical (unpaired) electrons. The summed E-state index contributed by atoms with van der Waals surface area (Å²) in [5.41, 5.74) is 4.81. The van der Waals surface area contributed by atoms with E-state index in [4.69, 9.17) is 22.1 Å². The molecule has 1 rings (SSSR count). The number of unbranched alkanes of at least 4 members (excludes halogenated alkanes) is 1. The van der Waals surface area contributed by atoms with Crippen LogP contribution in [0, 0.1) is 0 Å². The Morgan fingerprint density at radius 3 is 2.44 bits per heavy atom. The first-order chi connectivity index (χ1) is 8.40. The Bertz CT molecular complexity index is 407. The second kappa shape index (κ2) is 6.29. The lowest BCUT2D eigenvalue weighted by Crippen LogP contribution is -2.10. The van der Waals surface area contributed by atoms with Crippen molar-refractivity contribution >= 4 is 11.6 Å². The second-order valence-electron chi connectivity index (χ2n) is 3.89. The number of aryl methyl sites for hydroxylation is 1. The van der Waals surface area contributed by atoms with Crippen LogP contribution in [0.5, 0.6) is 5.75 Å². The van der Waals surface area contributed by atoms with Gasteiger partial charge in [-0.05, 0) is 43.5 Å². The van der Waals surface area contributed by atoms with Gasteiger partial charge in [-0.15, -0.1) is 0 Å². The molecule has 6 heteroatoms. The van der Waals surface area contributed by atoms with Gasteiger partial charge in [0.1, 0.15) is 5.75 Å². The normalized spacial score (nSPS) is 11.7. The van der Waals surface area contributed by atoms with Crippen molar-refractivity contribution < 1.29 is 17.9 Å². The molecule has 0 saturated carbocycles. The lowest BCUT2D eigenvalue weighted by molar-refractivity contribution is -0.138. The molecule has 0 aliphatic rings. The maximum absolute atomic E-state index is 12.9. The van der Waals surface area contributed by atoms with Crippen LogP contribution in [0.15, 0.2) is 12.1 Å². The minimum atomic E-state index is -4.41. The highest BCUT2D eigenvalue weighted by atomic mass is 35.5. The number of rotatable bonds is 5. The summed E-state index contributed by atoms with van der Waals surface area (Å²) in [5.74, 6) is 0.0339. The molecule has 2 N–H and O–H groups in total. The van der Waals surface area contributed by atoms with E-state index >= 15 is 0 Å². The van der Waals surface area contributed by atoms with Gasteiger partial charge in [0.15, 0.2) is 0 Å². The predicted molar refractivity (Wildman–Crippen MR) is 65.0 cm³/mol. The third kappa shape index (κ3) is 3.78. The minimum Gasteiger partial charge on any atom is -0.495 e. The standard InChI is InChI=1S/C12H15ClF3NO/c1-18-11-7-9(12(14,15)16)8(6-10(11)13)4-2-3-5-17/h6-7H,2-5,17H2,1H3. The monoisotopic (exact) mass is 281 g/mol. The predicted octanol–water partition coefficient (Wildman–Crippen LogP) is 3.65. The van der Waals surface area contributed by atoms with Crippen molar-refractivity contribution in [2.75, 3.05) is 13.7 Å². The molecule has 0 amide bonds. The molecule has 0 aliphatic carbocycles. The van der Waals surface area contributed by atoms with Gasteiger partial charge in [-0.2, -0.15) is 13.2 Å². The number of hydrogen-bond acceptors (Lipinski definition) is 2. The molecule has 0 aromatic heterocycles. The maximum Gasteiger partial charge on any atom is 0.416 e. The Morgan fingerprint density at radius 2 is 1.94 bits per heavy atom. The number of alkyl halides is 3. The van der Waals surface area contributed by atoms with E-state index in [0.717, 1.165) is 6.07 Å². The first-order valence-electron chi connectivity index (χ1n) is 5.53. The lowest BCUT2D eigenvalue weighted by atomic mass is 10.0. The molecule has 0 fully saturated rings. The Kier molecular flexibility index (Phi) is 5.28. The van der Waals surface area contributed by atoms with E-state index in [-0.39, 0.29) is 16.3 Å². The summed E-state index contributed by atoms with van der Waals surface area (Å²) >= 11 is 5.85. The highest BCUT2D eigenvalue weighted by Gasteiger charge is 2.34. The molecule has 0 bridgehead atoms. The van der Waals surface area contributed by atoms with Crippen LogP contribution in [0.3, 0.4) is 0 Å². The first kappa shape index (κ1) is 15.1. The van der Waals surface area contributed by atoms with Crippen molar-refractivity contribution in [3.63, 3.8) is 0 Å². The van der Waals surface area contributed by atoms with Crippen LogP contribution in [0.2, 0.25) is 5.02 Å². The van der Waals surface area contributed by atoms with E-state index in [1.807, 2.05) is 0 Å². The molecule has 0 aliphatic heterocycles. The van der Waals surface area contributed by atoms with Crippen LogP contribution in [0.4, 0.5) is 13.2 Å². The van der Waals surface area contributed by atoms with E-state index in [0.29, 0.717) is 25.8 Å². The number of nitrogens with two attached hydrogens (primary N) is 1. The molecule has 102 valence electrons. The third-order valence-corrected chi connectivity index (χ3v) is 2.88. The van der Waals surface area contributed by atoms with Gasteiger partial charge in [0.05, 0.1) is 17.7 Å². The smallest absolute Gasteiger partial charge is 0.416 e. The fourth-order valence-corrected chi connectivity index (χ4v) is 1.94. The van der Waals surface area contributed by atoms with Crippen molar-refractivity contribution in [3.05, 3.63) is 28.3 Å². The quantitative estimate of drug-likeness (QED) is 0.836. The lowest BCUT2D eigenvalue weighted by Gasteiger charge is -2.15. The molecule has 2 nitrogen and oxygen atoms in total. The molecule has 1 aromatic rings. The molecular weight excluding hydrogens is 267 g/mol. The van der Waals surface area contributed by atoms with Crippen molar-refractivity contribution in [1.82, 2.24) is 0 Å². The van der Waals surface area contributed by atoms with Gasteiger partial charge in [0, 0.05) is 0 Å².